The van der Waals surface area contributed by atoms with E-state index in [9.17, 15) is 13.2 Å². The van der Waals surface area contributed by atoms with Crippen LogP contribution in [0.3, 0.4) is 0 Å². The van der Waals surface area contributed by atoms with Gasteiger partial charge in [-0.2, -0.15) is 18.4 Å². The molecule has 0 amide bonds. The first-order valence-corrected chi connectivity index (χ1v) is 6.14. The van der Waals surface area contributed by atoms with Crippen LogP contribution in [-0.4, -0.2) is 18.3 Å². The molecule has 0 saturated heterocycles. The summed E-state index contributed by atoms with van der Waals surface area (Å²) in [5.41, 5.74) is -0.959. The number of rotatable bonds is 4. The maximum Gasteiger partial charge on any atom is 0.401 e. The minimum Gasteiger partial charge on any atom is -0.291 e. The molecule has 0 heterocycles. The second-order valence-electron chi connectivity index (χ2n) is 4.89. The van der Waals surface area contributed by atoms with Crippen molar-refractivity contribution in [1.82, 2.24) is 5.32 Å². The summed E-state index contributed by atoms with van der Waals surface area (Å²) in [5.74, 6) is 0.578. The van der Waals surface area contributed by atoms with Gasteiger partial charge in [-0.1, -0.05) is 19.8 Å². The average molecular weight is 248 g/mol. The Morgan fingerprint density at radius 3 is 2.35 bits per heavy atom. The Labute approximate surface area is 100 Å². The summed E-state index contributed by atoms with van der Waals surface area (Å²) >= 11 is 0. The van der Waals surface area contributed by atoms with E-state index in [-0.39, 0.29) is 0 Å². The SMILES string of the molecule is CCCC1CCC(C#N)(NCC(F)(F)F)CC1. The minimum atomic E-state index is -4.25. The second-order valence-corrected chi connectivity index (χ2v) is 4.89. The highest BCUT2D eigenvalue weighted by atomic mass is 19.4. The van der Waals surface area contributed by atoms with Crippen molar-refractivity contribution in [1.29, 1.82) is 5.26 Å². The Bertz CT molecular complexity index is 272. The van der Waals surface area contributed by atoms with E-state index in [1.54, 1.807) is 0 Å². The molecule has 1 rings (SSSR count). The number of halogens is 3. The van der Waals surface area contributed by atoms with Crippen LogP contribution in [0.15, 0.2) is 0 Å². The third-order valence-corrected chi connectivity index (χ3v) is 3.50. The van der Waals surface area contributed by atoms with Crippen LogP contribution in [0.4, 0.5) is 13.2 Å². The highest BCUT2D eigenvalue weighted by molar-refractivity contribution is 5.09. The fourth-order valence-electron chi connectivity index (χ4n) is 2.46. The Morgan fingerprint density at radius 1 is 1.35 bits per heavy atom. The van der Waals surface area contributed by atoms with Crippen LogP contribution >= 0.6 is 0 Å². The van der Waals surface area contributed by atoms with Crippen LogP contribution in [0.25, 0.3) is 0 Å². The summed E-state index contributed by atoms with van der Waals surface area (Å²) in [6.07, 6.45) is 0.734. The minimum absolute atomic E-state index is 0.532. The van der Waals surface area contributed by atoms with Gasteiger partial charge in [-0.25, -0.2) is 0 Å². The molecule has 0 aromatic heterocycles. The van der Waals surface area contributed by atoms with E-state index in [1.165, 1.54) is 0 Å². The van der Waals surface area contributed by atoms with Crippen LogP contribution in [0.5, 0.6) is 0 Å². The van der Waals surface area contributed by atoms with Crippen molar-refractivity contribution >= 4 is 0 Å². The van der Waals surface area contributed by atoms with Crippen molar-refractivity contribution in [2.45, 2.75) is 57.2 Å². The van der Waals surface area contributed by atoms with Crippen LogP contribution < -0.4 is 5.32 Å². The largest absolute Gasteiger partial charge is 0.401 e. The summed E-state index contributed by atoms with van der Waals surface area (Å²) in [5, 5.41) is 11.5. The van der Waals surface area contributed by atoms with Gasteiger partial charge in [0.15, 0.2) is 0 Å². The molecule has 1 aliphatic carbocycles. The number of nitrogens with one attached hydrogen (secondary N) is 1. The maximum atomic E-state index is 12.1. The van der Waals surface area contributed by atoms with Gasteiger partial charge in [0, 0.05) is 0 Å². The highest BCUT2D eigenvalue weighted by Crippen LogP contribution is 2.34. The van der Waals surface area contributed by atoms with E-state index in [2.05, 4.69) is 12.2 Å². The Morgan fingerprint density at radius 2 is 1.94 bits per heavy atom. The van der Waals surface area contributed by atoms with E-state index < -0.39 is 18.3 Å². The van der Waals surface area contributed by atoms with Gasteiger partial charge in [0.2, 0.25) is 0 Å². The smallest absolute Gasteiger partial charge is 0.291 e. The van der Waals surface area contributed by atoms with Crippen molar-refractivity contribution in [3.63, 3.8) is 0 Å². The molecular weight excluding hydrogens is 229 g/mol. The first kappa shape index (κ1) is 14.3. The number of hydrogen-bond acceptors (Lipinski definition) is 2. The zero-order chi connectivity index (χ0) is 12.9. The quantitative estimate of drug-likeness (QED) is 0.827. The molecule has 1 N–H and O–H groups in total. The normalized spacial score (nSPS) is 29.9. The summed E-state index contributed by atoms with van der Waals surface area (Å²) < 4.78 is 36.4. The van der Waals surface area contributed by atoms with E-state index in [4.69, 9.17) is 5.26 Å². The molecular formula is C12H19F3N2. The van der Waals surface area contributed by atoms with Gasteiger partial charge in [-0.15, -0.1) is 0 Å². The third-order valence-electron chi connectivity index (χ3n) is 3.50. The molecule has 0 spiro atoms. The fourth-order valence-corrected chi connectivity index (χ4v) is 2.46. The average Bonchev–Trinajstić information content (AvgIpc) is 2.28. The predicted molar refractivity (Wildman–Crippen MR) is 59.3 cm³/mol. The van der Waals surface area contributed by atoms with Gasteiger partial charge in [-0.05, 0) is 31.6 Å². The van der Waals surface area contributed by atoms with Crippen molar-refractivity contribution < 1.29 is 13.2 Å². The lowest BCUT2D eigenvalue weighted by Crippen LogP contribution is -2.50. The molecule has 1 aliphatic rings. The monoisotopic (exact) mass is 248 g/mol. The molecule has 0 radical (unpaired) electrons. The van der Waals surface area contributed by atoms with Gasteiger partial charge in [-0.3, -0.25) is 5.32 Å². The van der Waals surface area contributed by atoms with Crippen molar-refractivity contribution in [2.24, 2.45) is 5.92 Å². The van der Waals surface area contributed by atoms with E-state index >= 15 is 0 Å². The Balaban J connectivity index is 2.47. The summed E-state index contributed by atoms with van der Waals surface area (Å²) in [6.45, 7) is 1.03. The molecule has 0 atom stereocenters. The zero-order valence-electron chi connectivity index (χ0n) is 10.1. The summed E-state index contributed by atoms with van der Waals surface area (Å²) in [4.78, 5) is 0. The predicted octanol–water partition coefficient (Wildman–Crippen LogP) is 3.39. The summed E-state index contributed by atoms with van der Waals surface area (Å²) in [6, 6.07) is 2.04. The molecule has 0 bridgehead atoms. The van der Waals surface area contributed by atoms with Gasteiger partial charge in [0.1, 0.15) is 5.54 Å². The van der Waals surface area contributed by atoms with Crippen LogP contribution in [0.2, 0.25) is 0 Å². The molecule has 98 valence electrons. The van der Waals surface area contributed by atoms with Crippen molar-refractivity contribution in [3.8, 4) is 6.07 Å². The lowest BCUT2D eigenvalue weighted by molar-refractivity contribution is -0.128. The third kappa shape index (κ3) is 4.55. The molecule has 17 heavy (non-hydrogen) atoms. The van der Waals surface area contributed by atoms with Crippen LogP contribution in [0, 0.1) is 17.2 Å². The molecule has 0 aromatic carbocycles. The topological polar surface area (TPSA) is 35.8 Å². The number of hydrogen-bond donors (Lipinski definition) is 1. The molecule has 5 heteroatoms. The zero-order valence-corrected chi connectivity index (χ0v) is 10.1. The summed E-state index contributed by atoms with van der Waals surface area (Å²) in [7, 11) is 0. The molecule has 0 unspecified atom stereocenters. The van der Waals surface area contributed by atoms with Gasteiger partial charge in [0.05, 0.1) is 12.6 Å². The molecule has 0 aliphatic heterocycles. The lowest BCUT2D eigenvalue weighted by atomic mass is 9.76. The van der Waals surface area contributed by atoms with Crippen LogP contribution in [-0.2, 0) is 0 Å². The molecule has 0 aromatic rings. The number of alkyl halides is 3. The lowest BCUT2D eigenvalue weighted by Gasteiger charge is -2.36. The fraction of sp³-hybridized carbons (Fsp3) is 0.917. The number of nitrogens with zero attached hydrogens (tertiary/aromatic N) is 1. The number of nitriles is 1. The molecule has 2 nitrogen and oxygen atoms in total. The van der Waals surface area contributed by atoms with E-state index in [1.807, 2.05) is 6.07 Å². The van der Waals surface area contributed by atoms with Crippen LogP contribution in [0.1, 0.15) is 45.4 Å². The first-order chi connectivity index (χ1) is 7.91. The Hall–Kier alpha value is -0.760. The van der Waals surface area contributed by atoms with Gasteiger partial charge < -0.3 is 0 Å². The molecule has 1 fully saturated rings. The first-order valence-electron chi connectivity index (χ1n) is 6.14. The van der Waals surface area contributed by atoms with E-state index in [0.717, 1.165) is 25.7 Å². The molecule has 1 saturated carbocycles. The Kier molecular flexibility index (Phi) is 4.81. The van der Waals surface area contributed by atoms with Crippen molar-refractivity contribution in [3.05, 3.63) is 0 Å². The highest BCUT2D eigenvalue weighted by Gasteiger charge is 2.38. The maximum absolute atomic E-state index is 12.1. The second kappa shape index (κ2) is 5.72. The van der Waals surface area contributed by atoms with Gasteiger partial charge in [0.25, 0.3) is 0 Å². The van der Waals surface area contributed by atoms with E-state index in [0.29, 0.717) is 18.8 Å². The standard InChI is InChI=1S/C12H19F3N2/c1-2-3-10-4-6-11(8-16,7-5-10)17-9-12(13,14)15/h10,17H,2-7,9H2,1H3. The van der Waals surface area contributed by atoms with Gasteiger partial charge >= 0.3 is 6.18 Å². The van der Waals surface area contributed by atoms with Crippen molar-refractivity contribution in [2.75, 3.05) is 6.54 Å².